The van der Waals surface area contributed by atoms with Gasteiger partial charge < -0.3 is 19.5 Å². The van der Waals surface area contributed by atoms with Crippen LogP contribution in [0.2, 0.25) is 0 Å². The molecule has 0 bridgehead atoms. The van der Waals surface area contributed by atoms with Gasteiger partial charge in [0.15, 0.2) is 18.0 Å². The van der Waals surface area contributed by atoms with Crippen molar-refractivity contribution in [2.45, 2.75) is 37.4 Å². The van der Waals surface area contributed by atoms with Gasteiger partial charge in [-0.05, 0) is 26.0 Å². The molecule has 2 atom stereocenters. The zero-order valence-electron chi connectivity index (χ0n) is 15.6. The lowest BCUT2D eigenvalue weighted by Gasteiger charge is -2.18. The lowest BCUT2D eigenvalue weighted by molar-refractivity contribution is -0.164. The number of nitrogens with one attached hydrogen (secondary N) is 1. The molecule has 2 N–H and O–H groups in total. The lowest BCUT2D eigenvalue weighted by atomic mass is 10.1. The predicted octanol–water partition coefficient (Wildman–Crippen LogP) is 0.959. The number of rotatable bonds is 9. The molecule has 12 heteroatoms. The fraction of sp³-hybridized carbons (Fsp3) is 0.438. The summed E-state index contributed by atoms with van der Waals surface area (Å²) in [5, 5.41) is 2.26. The van der Waals surface area contributed by atoms with Gasteiger partial charge >= 0.3 is 5.97 Å². The molecule has 1 amide bonds. The maximum atomic E-state index is 12.2. The number of ether oxygens (including phenoxy) is 3. The smallest absolute Gasteiger partial charge is 0.335 e. The van der Waals surface area contributed by atoms with Gasteiger partial charge in [-0.3, -0.25) is 18.8 Å². The van der Waals surface area contributed by atoms with Gasteiger partial charge in [-0.25, -0.2) is 4.79 Å². The summed E-state index contributed by atoms with van der Waals surface area (Å²) in [4.78, 5) is 35.0. The summed E-state index contributed by atoms with van der Waals surface area (Å²) in [6.45, 7) is 2.55. The van der Waals surface area contributed by atoms with E-state index >= 15 is 0 Å². The van der Waals surface area contributed by atoms with Gasteiger partial charge in [-0.1, -0.05) is 0 Å². The van der Waals surface area contributed by atoms with Crippen molar-refractivity contribution in [3.8, 4) is 5.75 Å². The summed E-state index contributed by atoms with van der Waals surface area (Å²) in [5.41, 5.74) is -0.220. The minimum absolute atomic E-state index is 0. The Morgan fingerprint density at radius 3 is 2.29 bits per heavy atom. The molecule has 1 rings (SSSR count). The fourth-order valence-electron chi connectivity index (χ4n) is 1.92. The number of carbonyl (C=O) groups is 3. The predicted molar refractivity (Wildman–Crippen MR) is 95.6 cm³/mol. The van der Waals surface area contributed by atoms with Crippen LogP contribution in [0.15, 0.2) is 23.1 Å². The van der Waals surface area contributed by atoms with E-state index in [0.717, 1.165) is 13.0 Å². The number of esters is 1. The Morgan fingerprint density at radius 2 is 1.82 bits per heavy atom. The SMILES string of the molecule is COc1ccc(NC(=O)CC(OC(=O)C(C)OC)C(C)=O)c(S(=O)(=O)O)c1.F. The molecule has 0 aliphatic rings. The highest BCUT2D eigenvalue weighted by molar-refractivity contribution is 7.86. The van der Waals surface area contributed by atoms with Crippen LogP contribution in [0.3, 0.4) is 0 Å². The van der Waals surface area contributed by atoms with Crippen LogP contribution >= 0.6 is 0 Å². The molecule has 0 aliphatic heterocycles. The van der Waals surface area contributed by atoms with Crippen LogP contribution < -0.4 is 10.1 Å². The standard InChI is InChI=1S/C16H21NO9S.FH/c1-9(18)13(26-16(20)10(2)24-3)8-15(19)17-12-6-5-11(25-4)7-14(12)27(21,22)23;/h5-7,10,13H,8H2,1-4H3,(H,17,19)(H,21,22,23);1H. The van der Waals surface area contributed by atoms with E-state index < -0.39 is 51.3 Å². The molecular weight excluding hydrogens is 401 g/mol. The van der Waals surface area contributed by atoms with Gasteiger partial charge in [0, 0.05) is 13.2 Å². The monoisotopic (exact) mass is 423 g/mol. The molecule has 10 nitrogen and oxygen atoms in total. The number of carbonyl (C=O) groups excluding carboxylic acids is 3. The van der Waals surface area contributed by atoms with Crippen molar-refractivity contribution in [3.63, 3.8) is 0 Å². The number of halogens is 1. The van der Waals surface area contributed by atoms with Gasteiger partial charge in [-0.15, -0.1) is 0 Å². The first-order valence-electron chi connectivity index (χ1n) is 7.68. The molecule has 0 saturated heterocycles. The van der Waals surface area contributed by atoms with E-state index in [1.165, 1.54) is 33.3 Å². The second-order valence-electron chi connectivity index (χ2n) is 5.50. The molecule has 0 spiro atoms. The number of hydrogen-bond acceptors (Lipinski definition) is 8. The molecule has 0 fully saturated rings. The Morgan fingerprint density at radius 1 is 1.21 bits per heavy atom. The van der Waals surface area contributed by atoms with Gasteiger partial charge in [0.1, 0.15) is 10.6 Å². The average molecular weight is 423 g/mol. The third-order valence-electron chi connectivity index (χ3n) is 3.51. The highest BCUT2D eigenvalue weighted by Gasteiger charge is 2.26. The second-order valence-corrected chi connectivity index (χ2v) is 6.89. The van der Waals surface area contributed by atoms with Crippen molar-refractivity contribution < 1.29 is 46.3 Å². The number of Topliss-reactive ketones (excluding diaryl/α,β-unsaturated/α-hetero) is 1. The van der Waals surface area contributed by atoms with E-state index in [0.29, 0.717) is 0 Å². The Hall–Kier alpha value is -2.57. The maximum Gasteiger partial charge on any atom is 0.335 e. The zero-order valence-corrected chi connectivity index (χ0v) is 16.4. The molecule has 0 aromatic heterocycles. The molecule has 0 radical (unpaired) electrons. The fourth-order valence-corrected chi connectivity index (χ4v) is 2.58. The first kappa shape index (κ1) is 25.4. The summed E-state index contributed by atoms with van der Waals surface area (Å²) in [6, 6.07) is 3.60. The molecule has 158 valence electrons. The lowest BCUT2D eigenvalue weighted by Crippen LogP contribution is -2.34. The number of methoxy groups -OCH3 is 2. The topological polar surface area (TPSA) is 145 Å². The van der Waals surface area contributed by atoms with Gasteiger partial charge in [0.05, 0.1) is 19.2 Å². The quantitative estimate of drug-likeness (QED) is 0.438. The van der Waals surface area contributed by atoms with Crippen LogP contribution in [0.25, 0.3) is 0 Å². The van der Waals surface area contributed by atoms with Crippen LogP contribution in [0.1, 0.15) is 20.3 Å². The second kappa shape index (κ2) is 10.7. The van der Waals surface area contributed by atoms with E-state index in [-0.39, 0.29) is 16.1 Å². The zero-order chi connectivity index (χ0) is 20.8. The van der Waals surface area contributed by atoms with Gasteiger partial charge in [0.25, 0.3) is 10.1 Å². The number of anilines is 1. The molecule has 1 aromatic carbocycles. The molecule has 1 aromatic rings. The molecule has 2 unspecified atom stereocenters. The van der Waals surface area contributed by atoms with Crippen molar-refractivity contribution >= 4 is 33.5 Å². The average Bonchev–Trinajstić information content (AvgIpc) is 2.59. The third-order valence-corrected chi connectivity index (χ3v) is 4.40. The summed E-state index contributed by atoms with van der Waals surface area (Å²) in [6.07, 6.45) is -2.85. The number of ketones is 1. The van der Waals surface area contributed by atoms with Crippen LogP contribution in [0.5, 0.6) is 5.75 Å². The molecule has 0 saturated carbocycles. The summed E-state index contributed by atoms with van der Waals surface area (Å²) in [7, 11) is -2.07. The van der Waals surface area contributed by atoms with Crippen molar-refractivity contribution in [2.24, 2.45) is 0 Å². The Bertz CT molecular complexity index is 825. The van der Waals surface area contributed by atoms with Crippen molar-refractivity contribution in [3.05, 3.63) is 18.2 Å². The number of hydrogen-bond donors (Lipinski definition) is 2. The van der Waals surface area contributed by atoms with Crippen molar-refractivity contribution in [1.29, 1.82) is 0 Å². The van der Waals surface area contributed by atoms with Crippen LogP contribution in [0, 0.1) is 0 Å². The van der Waals surface area contributed by atoms with Gasteiger partial charge in [-0.2, -0.15) is 8.42 Å². The Kier molecular flexibility index (Phi) is 9.70. The first-order chi connectivity index (χ1) is 12.5. The molecule has 28 heavy (non-hydrogen) atoms. The van der Waals surface area contributed by atoms with E-state index in [1.807, 2.05) is 0 Å². The van der Waals surface area contributed by atoms with Crippen LogP contribution in [0.4, 0.5) is 10.4 Å². The summed E-state index contributed by atoms with van der Waals surface area (Å²) >= 11 is 0. The minimum atomic E-state index is -4.65. The third kappa shape index (κ3) is 7.21. The van der Waals surface area contributed by atoms with E-state index in [9.17, 15) is 27.4 Å². The van der Waals surface area contributed by atoms with Gasteiger partial charge in [0.2, 0.25) is 5.91 Å². The molecule has 0 aliphatic carbocycles. The summed E-state index contributed by atoms with van der Waals surface area (Å²) < 4.78 is 46.9. The summed E-state index contributed by atoms with van der Waals surface area (Å²) in [5.74, 6) is -2.06. The molecule has 0 heterocycles. The Labute approximate surface area is 161 Å². The highest BCUT2D eigenvalue weighted by atomic mass is 32.2. The van der Waals surface area contributed by atoms with Crippen LogP contribution in [-0.4, -0.2) is 57.1 Å². The van der Waals surface area contributed by atoms with E-state index in [1.54, 1.807) is 0 Å². The normalized spacial score (nSPS) is 12.9. The number of amides is 1. The minimum Gasteiger partial charge on any atom is -0.497 e. The van der Waals surface area contributed by atoms with E-state index in [2.05, 4.69) is 5.32 Å². The van der Waals surface area contributed by atoms with E-state index in [4.69, 9.17) is 14.2 Å². The van der Waals surface area contributed by atoms with Crippen molar-refractivity contribution in [2.75, 3.05) is 19.5 Å². The van der Waals surface area contributed by atoms with Crippen LogP contribution in [-0.2, 0) is 34.0 Å². The molecular formula is C16H22FNO9S. The maximum absolute atomic E-state index is 12.2. The largest absolute Gasteiger partial charge is 0.497 e. The Balaban J connectivity index is 0.00000729. The first-order valence-corrected chi connectivity index (χ1v) is 9.12. The number of benzene rings is 1. The van der Waals surface area contributed by atoms with Crippen molar-refractivity contribution in [1.82, 2.24) is 0 Å². The highest BCUT2D eigenvalue weighted by Crippen LogP contribution is 2.26.